The maximum Gasteiger partial charge on any atom is 0.220 e. The summed E-state index contributed by atoms with van der Waals surface area (Å²) in [6.07, 6.45) is 0.424. The highest BCUT2D eigenvalue weighted by atomic mass is 79.9. The molecule has 2 aromatic rings. The average molecular weight is 403 g/mol. The van der Waals surface area contributed by atoms with E-state index in [1.807, 2.05) is 49.5 Å². The lowest BCUT2D eigenvalue weighted by Crippen LogP contribution is -2.40. The fourth-order valence-corrected chi connectivity index (χ4v) is 2.68. The normalized spacial score (nSPS) is 11.6. The van der Waals surface area contributed by atoms with E-state index < -0.39 is 0 Å². The molecule has 0 radical (unpaired) electrons. The Bertz CT molecular complexity index is 701. The molecule has 5 heteroatoms. The number of ketones is 1. The van der Waals surface area contributed by atoms with Crippen LogP contribution in [0.5, 0.6) is 0 Å². The van der Waals surface area contributed by atoms with Crippen LogP contribution in [0, 0.1) is 0 Å². The van der Waals surface area contributed by atoms with Gasteiger partial charge in [0.25, 0.3) is 0 Å². The molecule has 0 aliphatic heterocycles. The zero-order valence-corrected chi connectivity index (χ0v) is 16.1. The van der Waals surface area contributed by atoms with Crippen LogP contribution in [0.15, 0.2) is 59.1 Å². The molecule has 0 aromatic heterocycles. The topological polar surface area (TPSA) is 49.4 Å². The number of rotatable bonds is 8. The number of benzene rings is 2. The molecular weight excluding hydrogens is 380 g/mol. The van der Waals surface area contributed by atoms with Crippen molar-refractivity contribution < 1.29 is 9.59 Å². The van der Waals surface area contributed by atoms with Gasteiger partial charge in [0.15, 0.2) is 5.78 Å². The number of nitrogens with zero attached hydrogens (tertiary/aromatic N) is 1. The highest BCUT2D eigenvalue weighted by Gasteiger charge is 2.13. The number of halogens is 1. The maximum absolute atomic E-state index is 12.1. The highest BCUT2D eigenvalue weighted by Crippen LogP contribution is 2.14. The quantitative estimate of drug-likeness (QED) is 0.677. The van der Waals surface area contributed by atoms with E-state index in [4.69, 9.17) is 0 Å². The van der Waals surface area contributed by atoms with Crippen molar-refractivity contribution in [2.45, 2.75) is 25.8 Å². The van der Waals surface area contributed by atoms with Crippen molar-refractivity contribution in [1.82, 2.24) is 5.32 Å². The fourth-order valence-electron chi connectivity index (χ4n) is 2.41. The standard InChI is InChI=1S/C20H23BrN2O2/c1-15(23(2)18-6-4-3-5-7-18)14-22-20(25)13-12-19(24)16-8-10-17(21)11-9-16/h3-11,15H,12-14H2,1-2H3,(H,22,25). The van der Waals surface area contributed by atoms with Crippen molar-refractivity contribution in [3.63, 3.8) is 0 Å². The summed E-state index contributed by atoms with van der Waals surface area (Å²) in [5.74, 6) is -0.115. The molecule has 0 aliphatic carbocycles. The Morgan fingerprint density at radius 1 is 1.04 bits per heavy atom. The van der Waals surface area contributed by atoms with Gasteiger partial charge in [0.1, 0.15) is 0 Å². The van der Waals surface area contributed by atoms with E-state index in [1.54, 1.807) is 12.1 Å². The van der Waals surface area contributed by atoms with Crippen molar-refractivity contribution in [3.05, 3.63) is 64.6 Å². The van der Waals surface area contributed by atoms with Gasteiger partial charge >= 0.3 is 0 Å². The predicted octanol–water partition coefficient (Wildman–Crippen LogP) is 4.05. The molecule has 2 aromatic carbocycles. The Morgan fingerprint density at radius 2 is 1.68 bits per heavy atom. The second kappa shape index (κ2) is 9.37. The lowest BCUT2D eigenvalue weighted by Gasteiger charge is -2.27. The average Bonchev–Trinajstić information content (AvgIpc) is 2.64. The molecule has 0 bridgehead atoms. The van der Waals surface area contributed by atoms with Crippen molar-refractivity contribution >= 4 is 33.3 Å². The summed E-state index contributed by atoms with van der Waals surface area (Å²) in [7, 11) is 2.00. The van der Waals surface area contributed by atoms with E-state index in [0.717, 1.165) is 10.2 Å². The molecule has 25 heavy (non-hydrogen) atoms. The molecule has 0 heterocycles. The molecule has 1 N–H and O–H groups in total. The van der Waals surface area contributed by atoms with Gasteiger partial charge in [-0.25, -0.2) is 0 Å². The summed E-state index contributed by atoms with van der Waals surface area (Å²) >= 11 is 3.34. The number of carbonyl (C=O) groups excluding carboxylic acids is 2. The first-order valence-corrected chi connectivity index (χ1v) is 9.10. The van der Waals surface area contributed by atoms with Gasteiger partial charge in [-0.3, -0.25) is 9.59 Å². The number of anilines is 1. The van der Waals surface area contributed by atoms with E-state index in [0.29, 0.717) is 12.1 Å². The number of nitrogens with one attached hydrogen (secondary N) is 1. The van der Waals surface area contributed by atoms with E-state index in [1.165, 1.54) is 0 Å². The van der Waals surface area contributed by atoms with Crippen molar-refractivity contribution in [3.8, 4) is 0 Å². The predicted molar refractivity (Wildman–Crippen MR) is 105 cm³/mol. The summed E-state index contributed by atoms with van der Waals surface area (Å²) in [5, 5.41) is 2.91. The van der Waals surface area contributed by atoms with Gasteiger partial charge in [0, 0.05) is 48.2 Å². The maximum atomic E-state index is 12.1. The first kappa shape index (κ1) is 19.2. The smallest absolute Gasteiger partial charge is 0.220 e. The van der Waals surface area contributed by atoms with Crippen LogP contribution in [0.4, 0.5) is 5.69 Å². The Hall–Kier alpha value is -2.14. The zero-order chi connectivity index (χ0) is 18.2. The third kappa shape index (κ3) is 6.02. The molecule has 0 saturated heterocycles. The summed E-state index contributed by atoms with van der Waals surface area (Å²) in [6.45, 7) is 2.59. The number of para-hydroxylation sites is 1. The number of carbonyl (C=O) groups is 2. The molecule has 132 valence electrons. The Balaban J connectivity index is 1.75. The summed E-state index contributed by atoms with van der Waals surface area (Å²) < 4.78 is 0.929. The number of likely N-dealkylation sites (N-methyl/N-ethyl adjacent to an activating group) is 1. The third-order valence-electron chi connectivity index (χ3n) is 4.16. The van der Waals surface area contributed by atoms with Gasteiger partial charge in [-0.1, -0.05) is 46.3 Å². The van der Waals surface area contributed by atoms with Crippen LogP contribution >= 0.6 is 15.9 Å². The lowest BCUT2D eigenvalue weighted by atomic mass is 10.1. The van der Waals surface area contributed by atoms with Crippen LogP contribution in [0.1, 0.15) is 30.1 Å². The Labute approximate surface area is 157 Å². The van der Waals surface area contributed by atoms with Gasteiger partial charge in [0.2, 0.25) is 5.91 Å². The number of Topliss-reactive ketones (excluding diaryl/α,β-unsaturated/α-hetero) is 1. The minimum Gasteiger partial charge on any atom is -0.370 e. The zero-order valence-electron chi connectivity index (χ0n) is 14.5. The number of amides is 1. The lowest BCUT2D eigenvalue weighted by molar-refractivity contribution is -0.121. The largest absolute Gasteiger partial charge is 0.370 e. The Morgan fingerprint density at radius 3 is 2.32 bits per heavy atom. The molecule has 1 amide bonds. The fraction of sp³-hybridized carbons (Fsp3) is 0.300. The van der Waals surface area contributed by atoms with Gasteiger partial charge in [0.05, 0.1) is 0 Å². The van der Waals surface area contributed by atoms with Crippen LogP contribution in [0.25, 0.3) is 0 Å². The molecule has 0 saturated carbocycles. The summed E-state index contributed by atoms with van der Waals surface area (Å²) in [5.41, 5.74) is 1.74. The molecule has 2 rings (SSSR count). The van der Waals surface area contributed by atoms with E-state index in [9.17, 15) is 9.59 Å². The number of hydrogen-bond acceptors (Lipinski definition) is 3. The van der Waals surface area contributed by atoms with Crippen molar-refractivity contribution in [1.29, 1.82) is 0 Å². The third-order valence-corrected chi connectivity index (χ3v) is 4.69. The molecule has 0 spiro atoms. The van der Waals surface area contributed by atoms with E-state index in [2.05, 4.69) is 33.1 Å². The van der Waals surface area contributed by atoms with Gasteiger partial charge in [-0.2, -0.15) is 0 Å². The molecule has 0 aliphatic rings. The molecule has 4 nitrogen and oxygen atoms in total. The summed E-state index contributed by atoms with van der Waals surface area (Å²) in [4.78, 5) is 26.2. The summed E-state index contributed by atoms with van der Waals surface area (Å²) in [6, 6.07) is 17.4. The first-order chi connectivity index (χ1) is 12.0. The van der Waals surface area contributed by atoms with Crippen LogP contribution in [0.3, 0.4) is 0 Å². The monoisotopic (exact) mass is 402 g/mol. The van der Waals surface area contributed by atoms with Gasteiger partial charge in [-0.05, 0) is 31.2 Å². The van der Waals surface area contributed by atoms with Gasteiger partial charge < -0.3 is 10.2 Å². The minimum absolute atomic E-state index is 0.0166. The molecule has 1 unspecified atom stereocenters. The minimum atomic E-state index is -0.0984. The number of hydrogen-bond donors (Lipinski definition) is 1. The first-order valence-electron chi connectivity index (χ1n) is 8.30. The Kier molecular flexibility index (Phi) is 7.19. The van der Waals surface area contributed by atoms with Crippen molar-refractivity contribution in [2.24, 2.45) is 0 Å². The van der Waals surface area contributed by atoms with Crippen LogP contribution in [0.2, 0.25) is 0 Å². The molecule has 0 fully saturated rings. The highest BCUT2D eigenvalue weighted by molar-refractivity contribution is 9.10. The van der Waals surface area contributed by atoms with Crippen LogP contribution in [-0.4, -0.2) is 31.3 Å². The second-order valence-corrected chi connectivity index (χ2v) is 6.95. The second-order valence-electron chi connectivity index (χ2n) is 6.03. The van der Waals surface area contributed by atoms with Crippen LogP contribution < -0.4 is 10.2 Å². The molecule has 1 atom stereocenters. The van der Waals surface area contributed by atoms with E-state index >= 15 is 0 Å². The molecular formula is C20H23BrN2O2. The van der Waals surface area contributed by atoms with E-state index in [-0.39, 0.29) is 30.6 Å². The van der Waals surface area contributed by atoms with Gasteiger partial charge in [-0.15, -0.1) is 0 Å². The van der Waals surface area contributed by atoms with Crippen LogP contribution in [-0.2, 0) is 4.79 Å². The SMILES string of the molecule is CC(CNC(=O)CCC(=O)c1ccc(Br)cc1)N(C)c1ccccc1. The van der Waals surface area contributed by atoms with Crippen molar-refractivity contribution in [2.75, 3.05) is 18.5 Å².